The molecule has 1 aliphatic heterocycles. The van der Waals surface area contributed by atoms with Crippen LogP contribution in [0.4, 0.5) is 11.4 Å². The van der Waals surface area contributed by atoms with Gasteiger partial charge in [0.2, 0.25) is 0 Å². The van der Waals surface area contributed by atoms with Crippen LogP contribution in [0.3, 0.4) is 0 Å². The fourth-order valence-corrected chi connectivity index (χ4v) is 2.61. The number of morpholine rings is 1. The highest BCUT2D eigenvalue weighted by molar-refractivity contribution is 5.73. The summed E-state index contributed by atoms with van der Waals surface area (Å²) in [6.07, 6.45) is 1.21. The van der Waals surface area contributed by atoms with E-state index >= 15 is 0 Å². The number of hydrogen-bond acceptors (Lipinski definition) is 5. The fraction of sp³-hybridized carbons (Fsp3) is 0.600. The molecule has 5 heteroatoms. The summed E-state index contributed by atoms with van der Waals surface area (Å²) in [6, 6.07) is 4.11. The lowest BCUT2D eigenvalue weighted by Gasteiger charge is -2.40. The number of hydrogen-bond donors (Lipinski definition) is 1. The smallest absolute Gasteiger partial charge is 0.162 e. The van der Waals surface area contributed by atoms with E-state index in [0.717, 1.165) is 25.3 Å². The van der Waals surface area contributed by atoms with E-state index in [0.29, 0.717) is 23.2 Å². The maximum atomic E-state index is 6.20. The maximum absolute atomic E-state index is 6.20. The Kier molecular flexibility index (Phi) is 4.60. The van der Waals surface area contributed by atoms with Gasteiger partial charge in [-0.2, -0.15) is 0 Å². The highest BCUT2D eigenvalue weighted by Gasteiger charge is 2.27. The second-order valence-corrected chi connectivity index (χ2v) is 5.12. The second kappa shape index (κ2) is 6.22. The minimum absolute atomic E-state index is 0.199. The third-order valence-corrected chi connectivity index (χ3v) is 3.78. The van der Waals surface area contributed by atoms with Gasteiger partial charge < -0.3 is 24.8 Å². The van der Waals surface area contributed by atoms with Crippen LogP contribution < -0.4 is 20.1 Å². The Labute approximate surface area is 120 Å². The minimum Gasteiger partial charge on any atom is -0.493 e. The minimum atomic E-state index is 0.199. The van der Waals surface area contributed by atoms with Crippen molar-refractivity contribution in [2.45, 2.75) is 32.4 Å². The average molecular weight is 280 g/mol. The first-order valence-corrected chi connectivity index (χ1v) is 7.00. The van der Waals surface area contributed by atoms with E-state index in [-0.39, 0.29) is 6.10 Å². The van der Waals surface area contributed by atoms with Crippen LogP contribution in [0.25, 0.3) is 0 Å². The van der Waals surface area contributed by atoms with E-state index in [2.05, 4.69) is 18.7 Å². The molecule has 0 amide bonds. The lowest BCUT2D eigenvalue weighted by molar-refractivity contribution is 0.0300. The molecule has 2 unspecified atom stereocenters. The molecule has 5 nitrogen and oxygen atoms in total. The van der Waals surface area contributed by atoms with Crippen LogP contribution in [-0.4, -0.2) is 39.5 Å². The molecule has 1 aliphatic rings. The Balaban J connectivity index is 2.39. The van der Waals surface area contributed by atoms with Gasteiger partial charge in [-0.25, -0.2) is 0 Å². The fourth-order valence-electron chi connectivity index (χ4n) is 2.61. The molecule has 0 bridgehead atoms. The number of rotatable bonds is 4. The first kappa shape index (κ1) is 14.8. The first-order chi connectivity index (χ1) is 9.60. The van der Waals surface area contributed by atoms with Crippen molar-refractivity contribution in [1.29, 1.82) is 0 Å². The van der Waals surface area contributed by atoms with E-state index < -0.39 is 0 Å². The van der Waals surface area contributed by atoms with Crippen LogP contribution in [0.1, 0.15) is 20.3 Å². The van der Waals surface area contributed by atoms with Gasteiger partial charge in [-0.3, -0.25) is 0 Å². The lowest BCUT2D eigenvalue weighted by Crippen LogP contribution is -2.48. The van der Waals surface area contributed by atoms with Crippen molar-refractivity contribution in [1.82, 2.24) is 0 Å². The summed E-state index contributed by atoms with van der Waals surface area (Å²) >= 11 is 0. The number of nitrogen functional groups attached to an aromatic ring is 1. The van der Waals surface area contributed by atoms with Gasteiger partial charge in [0.25, 0.3) is 0 Å². The zero-order valence-corrected chi connectivity index (χ0v) is 12.7. The third-order valence-electron chi connectivity index (χ3n) is 3.78. The number of nitrogens with two attached hydrogens (primary N) is 1. The zero-order valence-electron chi connectivity index (χ0n) is 12.7. The average Bonchev–Trinajstić information content (AvgIpc) is 2.46. The number of ether oxygens (including phenoxy) is 3. The Morgan fingerprint density at radius 2 is 1.95 bits per heavy atom. The van der Waals surface area contributed by atoms with Crippen LogP contribution in [0.15, 0.2) is 12.1 Å². The molecule has 1 saturated heterocycles. The van der Waals surface area contributed by atoms with Crippen LogP contribution in [0.2, 0.25) is 0 Å². The van der Waals surface area contributed by atoms with Gasteiger partial charge in [-0.05, 0) is 13.3 Å². The summed E-state index contributed by atoms with van der Waals surface area (Å²) in [6.45, 7) is 5.80. The highest BCUT2D eigenvalue weighted by Crippen LogP contribution is 2.38. The lowest BCUT2D eigenvalue weighted by atomic mass is 10.1. The van der Waals surface area contributed by atoms with Crippen molar-refractivity contribution in [3.63, 3.8) is 0 Å². The summed E-state index contributed by atoms with van der Waals surface area (Å²) in [5, 5.41) is 0. The van der Waals surface area contributed by atoms with Crippen LogP contribution in [0.5, 0.6) is 11.5 Å². The molecule has 1 fully saturated rings. The summed E-state index contributed by atoms with van der Waals surface area (Å²) in [5.74, 6) is 1.36. The summed E-state index contributed by atoms with van der Waals surface area (Å²) in [5.41, 5.74) is 7.89. The van der Waals surface area contributed by atoms with Crippen molar-refractivity contribution in [2.75, 3.05) is 38.0 Å². The SMILES string of the molecule is CCC1COC(C)CN1c1cc(OC)c(OC)cc1N. The van der Waals surface area contributed by atoms with Gasteiger partial charge in [0.1, 0.15) is 0 Å². The third kappa shape index (κ3) is 2.77. The molecule has 1 aromatic rings. The first-order valence-electron chi connectivity index (χ1n) is 7.00. The monoisotopic (exact) mass is 280 g/mol. The van der Waals surface area contributed by atoms with E-state index in [1.54, 1.807) is 14.2 Å². The van der Waals surface area contributed by atoms with Gasteiger partial charge >= 0.3 is 0 Å². The molecule has 0 saturated carbocycles. The van der Waals surface area contributed by atoms with Crippen molar-refractivity contribution >= 4 is 11.4 Å². The van der Waals surface area contributed by atoms with Gasteiger partial charge in [0, 0.05) is 18.7 Å². The molecular weight excluding hydrogens is 256 g/mol. The van der Waals surface area contributed by atoms with Crippen LogP contribution >= 0.6 is 0 Å². The molecule has 1 aromatic carbocycles. The number of anilines is 2. The topological polar surface area (TPSA) is 57.0 Å². The van der Waals surface area contributed by atoms with Gasteiger partial charge in [0.05, 0.1) is 44.3 Å². The molecule has 1 heterocycles. The number of benzene rings is 1. The van der Waals surface area contributed by atoms with Crippen molar-refractivity contribution in [2.24, 2.45) is 0 Å². The Hall–Kier alpha value is -1.62. The van der Waals surface area contributed by atoms with E-state index in [4.69, 9.17) is 19.9 Å². The Bertz CT molecular complexity index is 465. The van der Waals surface area contributed by atoms with Gasteiger partial charge in [0.15, 0.2) is 11.5 Å². The Morgan fingerprint density at radius 1 is 1.30 bits per heavy atom. The van der Waals surface area contributed by atoms with Crippen LogP contribution in [0, 0.1) is 0 Å². The number of nitrogens with zero attached hydrogens (tertiary/aromatic N) is 1. The molecule has 2 atom stereocenters. The normalized spacial score (nSPS) is 22.7. The molecule has 2 rings (SSSR count). The van der Waals surface area contributed by atoms with E-state index in [9.17, 15) is 0 Å². The van der Waals surface area contributed by atoms with E-state index in [1.165, 1.54) is 0 Å². The predicted molar refractivity (Wildman–Crippen MR) is 80.8 cm³/mol. The highest BCUT2D eigenvalue weighted by atomic mass is 16.5. The van der Waals surface area contributed by atoms with E-state index in [1.807, 2.05) is 12.1 Å². The molecule has 0 spiro atoms. The van der Waals surface area contributed by atoms with Gasteiger partial charge in [-0.1, -0.05) is 6.92 Å². The van der Waals surface area contributed by atoms with Crippen LogP contribution in [-0.2, 0) is 4.74 Å². The van der Waals surface area contributed by atoms with Crippen molar-refractivity contribution in [3.8, 4) is 11.5 Å². The predicted octanol–water partition coefficient (Wildman–Crippen LogP) is 2.29. The molecule has 0 aliphatic carbocycles. The summed E-state index contributed by atoms with van der Waals surface area (Å²) in [7, 11) is 3.25. The molecular formula is C15H24N2O3. The molecule has 0 radical (unpaired) electrons. The molecule has 112 valence electrons. The standard InChI is InChI=1S/C15H24N2O3/c1-5-11-9-20-10(2)8-17(11)13-7-15(19-4)14(18-3)6-12(13)16/h6-7,10-11H,5,8-9,16H2,1-4H3. The largest absolute Gasteiger partial charge is 0.493 e. The quantitative estimate of drug-likeness (QED) is 0.858. The summed E-state index contributed by atoms with van der Waals surface area (Å²) < 4.78 is 16.4. The summed E-state index contributed by atoms with van der Waals surface area (Å²) in [4.78, 5) is 2.31. The van der Waals surface area contributed by atoms with Gasteiger partial charge in [-0.15, -0.1) is 0 Å². The van der Waals surface area contributed by atoms with Crippen molar-refractivity contribution < 1.29 is 14.2 Å². The molecule has 0 aromatic heterocycles. The molecule has 20 heavy (non-hydrogen) atoms. The Morgan fingerprint density at radius 3 is 2.55 bits per heavy atom. The molecule has 2 N–H and O–H groups in total. The maximum Gasteiger partial charge on any atom is 0.162 e. The van der Waals surface area contributed by atoms with Crippen molar-refractivity contribution in [3.05, 3.63) is 12.1 Å². The number of methoxy groups -OCH3 is 2. The zero-order chi connectivity index (χ0) is 14.7. The second-order valence-electron chi connectivity index (χ2n) is 5.12.